The molecule has 0 aromatic heterocycles. The molecular weight excluding hydrogens is 793 g/mol. The maximum Gasteiger partial charge on any atom is 0.500 e. The summed E-state index contributed by atoms with van der Waals surface area (Å²) in [4.78, 5) is 0. The van der Waals surface area contributed by atoms with Gasteiger partial charge >= 0.3 is 52.1 Å². The molecule has 1 saturated heterocycles. The molecule has 0 aromatic carbocycles. The van der Waals surface area contributed by atoms with Gasteiger partial charge in [-0.2, -0.15) is 0 Å². The highest BCUT2D eigenvalue weighted by atomic mass is 28.5. The first kappa shape index (κ1) is 52.8. The fourth-order valence-electron chi connectivity index (χ4n) is 7.89. The largest absolute Gasteiger partial charge is 0.500 e. The highest BCUT2D eigenvalue weighted by molar-refractivity contribution is 6.93. The highest BCUT2D eigenvalue weighted by Crippen LogP contribution is 2.39. The average molecular weight is 878 g/mol. The molecule has 12 nitrogen and oxygen atoms in total. The van der Waals surface area contributed by atoms with Crippen molar-refractivity contribution in [1.29, 1.82) is 0 Å². The van der Waals surface area contributed by atoms with E-state index < -0.39 is 52.1 Å². The van der Waals surface area contributed by atoms with Gasteiger partial charge in [0.05, 0.1) is 0 Å². The molecule has 0 radical (unpaired) electrons. The van der Waals surface area contributed by atoms with Crippen molar-refractivity contribution in [3.05, 3.63) is 0 Å². The van der Waals surface area contributed by atoms with Gasteiger partial charge in [0.2, 0.25) is 0 Å². The van der Waals surface area contributed by atoms with Crippen LogP contribution in [-0.4, -0.2) is 116 Å². The number of unbranched alkanes of at least 4 members (excludes halogenated alkanes) is 15. The maximum atomic E-state index is 7.09. The van der Waals surface area contributed by atoms with E-state index in [4.69, 9.17) is 52.2 Å². The molecule has 1 fully saturated rings. The predicted octanol–water partition coefficient (Wildman–Crippen LogP) is 9.92. The molecule has 0 amide bonds. The van der Waals surface area contributed by atoms with Crippen molar-refractivity contribution < 1.29 is 52.2 Å². The maximum absolute atomic E-state index is 7.09. The number of hydrogen-bond acceptors (Lipinski definition) is 12. The Bertz CT molecular complexity index is 786. The van der Waals surface area contributed by atoms with Gasteiger partial charge in [0.1, 0.15) is 0 Å². The van der Waals surface area contributed by atoms with Gasteiger partial charge in [-0.15, -0.1) is 0 Å². The van der Waals surface area contributed by atoms with Crippen molar-refractivity contribution in [1.82, 2.24) is 0 Å². The monoisotopic (exact) mass is 876 g/mol. The summed E-state index contributed by atoms with van der Waals surface area (Å²) in [5.41, 5.74) is 0. The lowest BCUT2D eigenvalue weighted by Gasteiger charge is -2.50. The summed E-state index contributed by atoms with van der Waals surface area (Å²) in [5, 5.41) is 0. The van der Waals surface area contributed by atoms with Gasteiger partial charge in [-0.05, 0) is 57.0 Å². The molecule has 1 rings (SSSR count). The Morgan fingerprint density at radius 2 is 0.444 bits per heavy atom. The summed E-state index contributed by atoms with van der Waals surface area (Å²) in [6.07, 6.45) is 21.1. The van der Waals surface area contributed by atoms with E-state index in [9.17, 15) is 0 Å². The molecule has 0 atom stereocenters. The van der Waals surface area contributed by atoms with Crippen LogP contribution in [-0.2, 0) is 52.2 Å². The lowest BCUT2D eigenvalue weighted by molar-refractivity contribution is 0.122. The Balaban J connectivity index is 2.66. The first-order valence-electron chi connectivity index (χ1n) is 20.9. The van der Waals surface area contributed by atoms with E-state index >= 15 is 0 Å². The van der Waals surface area contributed by atoms with Crippen LogP contribution >= 0.6 is 0 Å². The van der Waals surface area contributed by atoms with Crippen molar-refractivity contribution in [2.75, 3.05) is 64.0 Å². The average Bonchev–Trinajstić information content (AvgIpc) is 3.16. The van der Waals surface area contributed by atoms with Gasteiger partial charge in [0, 0.05) is 82.1 Å². The first-order chi connectivity index (χ1) is 25.8. The summed E-state index contributed by atoms with van der Waals surface area (Å²) >= 11 is 0. The van der Waals surface area contributed by atoms with Crippen molar-refractivity contribution in [3.8, 4) is 0 Å². The van der Waals surface area contributed by atoms with E-state index in [1.165, 1.54) is 77.0 Å². The Kier molecular flexibility index (Phi) is 27.7. The third-order valence-corrected chi connectivity index (χ3v) is 33.8. The summed E-state index contributed by atoms with van der Waals surface area (Å²) in [7, 11) is 0.744. The van der Waals surface area contributed by atoms with Gasteiger partial charge in [0.25, 0.3) is 0 Å². The molecule has 0 aromatic rings. The fourth-order valence-corrected chi connectivity index (χ4v) is 31.0. The minimum Gasteiger partial charge on any atom is -0.416 e. The summed E-state index contributed by atoms with van der Waals surface area (Å²) < 4.78 is 71.5. The zero-order valence-corrected chi connectivity index (χ0v) is 42.9. The highest BCUT2D eigenvalue weighted by Gasteiger charge is 2.55. The Morgan fingerprint density at radius 1 is 0.278 bits per heavy atom. The molecule has 1 heterocycles. The second-order valence-corrected chi connectivity index (χ2v) is 35.5. The Morgan fingerprint density at radius 3 is 0.630 bits per heavy atom. The second kappa shape index (κ2) is 28.3. The Labute approximate surface area is 338 Å². The fraction of sp³-hybridized carbons (Fsp3) is 1.00. The van der Waals surface area contributed by atoms with Crippen LogP contribution in [0.25, 0.3) is 0 Å². The van der Waals surface area contributed by atoms with Crippen LogP contribution in [0.1, 0.15) is 116 Å². The Hall–Kier alpha value is 0.821. The van der Waals surface area contributed by atoms with Crippen molar-refractivity contribution in [3.63, 3.8) is 0 Å². The quantitative estimate of drug-likeness (QED) is 0.0442. The minimum absolute atomic E-state index is 0.869. The SMILES string of the molecule is CO[Si](CCCCCCCC[Si]1(C)O[Si](C)(CCCCCCCC[Si](OC)(OC)OC)O[Si](C)(CCCCCCCC[Si](OC)(OC)OC)O1)(OC)OC. The standard InChI is InChI=1S/C36H84O12Si6/c1-37-52(38-2,39-3)34-28-22-16-13-19-25-31-49(10)46-50(11,32-26-20-14-17-23-29-35-53(40-4,41-5)42-6)48-51(12,47-49)33-27-21-15-18-24-30-36-54(43-7,44-8)45-9/h13-36H2,1-12H3. The zero-order chi connectivity index (χ0) is 40.5. The molecule has 0 saturated carbocycles. The molecule has 1 aliphatic rings. The van der Waals surface area contributed by atoms with E-state index in [1.54, 1.807) is 64.0 Å². The molecule has 0 aliphatic carbocycles. The molecule has 0 unspecified atom stereocenters. The third kappa shape index (κ3) is 19.7. The second-order valence-electron chi connectivity index (χ2n) is 15.5. The molecule has 0 bridgehead atoms. The summed E-state index contributed by atoms with van der Waals surface area (Å²) in [6.45, 7) is 7.01. The molecule has 1 aliphatic heterocycles. The predicted molar refractivity (Wildman–Crippen MR) is 230 cm³/mol. The first-order valence-corrected chi connectivity index (χ1v) is 34.2. The van der Waals surface area contributed by atoms with Gasteiger partial charge in [0.15, 0.2) is 0 Å². The lowest BCUT2D eigenvalue weighted by Crippen LogP contribution is -2.67. The molecule has 0 N–H and O–H groups in total. The van der Waals surface area contributed by atoms with Crippen molar-refractivity contribution >= 4 is 52.1 Å². The third-order valence-electron chi connectivity index (χ3n) is 11.2. The zero-order valence-electron chi connectivity index (χ0n) is 36.9. The van der Waals surface area contributed by atoms with Crippen LogP contribution in [0, 0.1) is 0 Å². The van der Waals surface area contributed by atoms with Crippen LogP contribution in [0.5, 0.6) is 0 Å². The summed E-state index contributed by atoms with van der Waals surface area (Å²) in [5.74, 6) is 0. The van der Waals surface area contributed by atoms with E-state index in [0.717, 1.165) is 74.8 Å². The van der Waals surface area contributed by atoms with Crippen LogP contribution in [0.4, 0.5) is 0 Å². The molecule has 0 spiro atoms. The topological polar surface area (TPSA) is 111 Å². The van der Waals surface area contributed by atoms with Gasteiger partial charge in [-0.1, -0.05) is 96.3 Å². The van der Waals surface area contributed by atoms with Crippen LogP contribution in [0.3, 0.4) is 0 Å². The van der Waals surface area contributed by atoms with Crippen molar-refractivity contribution in [2.24, 2.45) is 0 Å². The van der Waals surface area contributed by atoms with Crippen LogP contribution in [0.15, 0.2) is 0 Å². The lowest BCUT2D eigenvalue weighted by atomic mass is 10.1. The molecular formula is C36H84O12Si6. The minimum atomic E-state index is -2.47. The van der Waals surface area contributed by atoms with Gasteiger partial charge in [-0.25, -0.2) is 0 Å². The van der Waals surface area contributed by atoms with E-state index in [2.05, 4.69) is 19.6 Å². The number of rotatable bonds is 36. The van der Waals surface area contributed by atoms with Crippen LogP contribution < -0.4 is 0 Å². The molecule has 18 heteroatoms. The smallest absolute Gasteiger partial charge is 0.416 e. The van der Waals surface area contributed by atoms with Crippen molar-refractivity contribution in [2.45, 2.75) is 171 Å². The van der Waals surface area contributed by atoms with Gasteiger partial charge < -0.3 is 52.2 Å². The van der Waals surface area contributed by atoms with E-state index in [-0.39, 0.29) is 0 Å². The van der Waals surface area contributed by atoms with E-state index in [1.807, 2.05) is 0 Å². The summed E-state index contributed by atoms with van der Waals surface area (Å²) in [6, 6.07) is 5.77. The van der Waals surface area contributed by atoms with Gasteiger partial charge in [-0.3, -0.25) is 0 Å². The molecule has 54 heavy (non-hydrogen) atoms. The van der Waals surface area contributed by atoms with E-state index in [0.29, 0.717) is 0 Å². The molecule has 324 valence electrons. The normalized spacial score (nSPS) is 22.7. The number of hydrogen-bond donors (Lipinski definition) is 0. The van der Waals surface area contributed by atoms with Crippen LogP contribution in [0.2, 0.25) is 55.9 Å².